The third-order valence-electron chi connectivity index (χ3n) is 2.50. The van der Waals surface area contributed by atoms with Gasteiger partial charge in [-0.3, -0.25) is 0 Å². The first kappa shape index (κ1) is 16.6. The fourth-order valence-corrected chi connectivity index (χ4v) is 2.34. The average Bonchev–Trinajstić information content (AvgIpc) is 2.33. The summed E-state index contributed by atoms with van der Waals surface area (Å²) in [4.78, 5) is 11.7. The molecule has 6 nitrogen and oxygen atoms in total. The maximum Gasteiger partial charge on any atom is 0.338 e. The van der Waals surface area contributed by atoms with E-state index in [1.165, 1.54) is 18.2 Å². The van der Waals surface area contributed by atoms with Gasteiger partial charge in [0.25, 0.3) is 0 Å². The van der Waals surface area contributed by atoms with E-state index in [2.05, 4.69) is 0 Å². The number of benzene rings is 1. The van der Waals surface area contributed by atoms with Crippen LogP contribution in [-0.2, 0) is 19.5 Å². The second-order valence-electron chi connectivity index (χ2n) is 4.58. The minimum atomic E-state index is -3.86. The zero-order chi connectivity index (χ0) is 15.3. The molecular formula is C13H19NO5S. The van der Waals surface area contributed by atoms with Gasteiger partial charge in [-0.25, -0.2) is 18.4 Å². The molecule has 0 saturated heterocycles. The molecule has 0 aliphatic rings. The van der Waals surface area contributed by atoms with Gasteiger partial charge in [-0.15, -0.1) is 0 Å². The highest BCUT2D eigenvalue weighted by molar-refractivity contribution is 7.89. The molecule has 1 rings (SSSR count). The van der Waals surface area contributed by atoms with Crippen molar-refractivity contribution in [1.29, 1.82) is 0 Å². The average molecular weight is 301 g/mol. The van der Waals surface area contributed by atoms with Crippen molar-refractivity contribution in [2.24, 2.45) is 5.14 Å². The fraction of sp³-hybridized carbons (Fsp3) is 0.462. The van der Waals surface area contributed by atoms with E-state index in [1.807, 2.05) is 13.8 Å². The number of hydrogen-bond acceptors (Lipinski definition) is 5. The van der Waals surface area contributed by atoms with Crippen molar-refractivity contribution >= 4 is 16.0 Å². The van der Waals surface area contributed by atoms with E-state index >= 15 is 0 Å². The van der Waals surface area contributed by atoms with Crippen LogP contribution in [0.3, 0.4) is 0 Å². The Morgan fingerprint density at radius 3 is 2.50 bits per heavy atom. The standard InChI is InChI=1S/C13H19NO5S/c1-9(2)18-6-7-19-13(15)11-5-4-10(3)12(8-11)20(14,16)17/h4-5,8-9H,6-7H2,1-3H3,(H2,14,16,17). The Morgan fingerprint density at radius 2 is 1.95 bits per heavy atom. The SMILES string of the molecule is Cc1ccc(C(=O)OCCOC(C)C)cc1S(N)(=O)=O. The van der Waals surface area contributed by atoms with Gasteiger partial charge in [-0.05, 0) is 38.5 Å². The van der Waals surface area contributed by atoms with Crippen LogP contribution >= 0.6 is 0 Å². The summed E-state index contributed by atoms with van der Waals surface area (Å²) in [5.74, 6) is -0.609. The molecule has 0 aliphatic carbocycles. The van der Waals surface area contributed by atoms with Gasteiger partial charge in [-0.1, -0.05) is 6.07 Å². The number of rotatable bonds is 6. The molecule has 0 bridgehead atoms. The van der Waals surface area contributed by atoms with Crippen LogP contribution in [0.2, 0.25) is 0 Å². The second kappa shape index (κ2) is 6.83. The van der Waals surface area contributed by atoms with Crippen molar-refractivity contribution in [3.05, 3.63) is 29.3 Å². The number of sulfonamides is 1. The largest absolute Gasteiger partial charge is 0.460 e. The molecule has 0 fully saturated rings. The molecule has 7 heteroatoms. The second-order valence-corrected chi connectivity index (χ2v) is 6.11. The van der Waals surface area contributed by atoms with Crippen LogP contribution in [0.5, 0.6) is 0 Å². The lowest BCUT2D eigenvalue weighted by Crippen LogP contribution is -2.16. The number of ether oxygens (including phenoxy) is 2. The summed E-state index contributed by atoms with van der Waals surface area (Å²) in [7, 11) is -3.86. The maximum atomic E-state index is 11.8. The zero-order valence-electron chi connectivity index (χ0n) is 11.8. The summed E-state index contributed by atoms with van der Waals surface area (Å²) >= 11 is 0. The van der Waals surface area contributed by atoms with Gasteiger partial charge in [-0.2, -0.15) is 0 Å². The van der Waals surface area contributed by atoms with Gasteiger partial charge in [0.1, 0.15) is 6.61 Å². The summed E-state index contributed by atoms with van der Waals surface area (Å²) in [5, 5.41) is 5.08. The van der Waals surface area contributed by atoms with Crippen LogP contribution in [-0.4, -0.2) is 33.7 Å². The van der Waals surface area contributed by atoms with Crippen molar-refractivity contribution in [3.8, 4) is 0 Å². The van der Waals surface area contributed by atoms with Crippen LogP contribution in [0.1, 0.15) is 29.8 Å². The number of carbonyl (C=O) groups excluding carboxylic acids is 1. The van der Waals surface area contributed by atoms with E-state index in [0.29, 0.717) is 5.56 Å². The Labute approximate surface area is 118 Å². The van der Waals surface area contributed by atoms with Crippen molar-refractivity contribution in [2.75, 3.05) is 13.2 Å². The Bertz CT molecular complexity index is 580. The summed E-state index contributed by atoms with van der Waals surface area (Å²) in [6.07, 6.45) is 0.0575. The number of aryl methyl sites for hydroxylation is 1. The van der Waals surface area contributed by atoms with Gasteiger partial charge >= 0.3 is 5.97 Å². The summed E-state index contributed by atoms with van der Waals surface area (Å²) < 4.78 is 33.0. The lowest BCUT2D eigenvalue weighted by Gasteiger charge is -2.09. The highest BCUT2D eigenvalue weighted by Gasteiger charge is 2.15. The molecule has 0 unspecified atom stereocenters. The molecule has 112 valence electrons. The van der Waals surface area contributed by atoms with Crippen LogP contribution in [0.25, 0.3) is 0 Å². The number of esters is 1. The van der Waals surface area contributed by atoms with E-state index in [9.17, 15) is 13.2 Å². The van der Waals surface area contributed by atoms with Gasteiger partial charge in [0.15, 0.2) is 0 Å². The van der Waals surface area contributed by atoms with E-state index in [-0.39, 0.29) is 29.8 Å². The van der Waals surface area contributed by atoms with Crippen LogP contribution < -0.4 is 5.14 Å². The number of carbonyl (C=O) groups is 1. The van der Waals surface area contributed by atoms with Crippen molar-refractivity contribution in [2.45, 2.75) is 31.8 Å². The molecule has 0 aliphatic heterocycles. The Balaban J connectivity index is 2.75. The summed E-state index contributed by atoms with van der Waals surface area (Å²) in [6.45, 7) is 5.75. The molecular weight excluding hydrogens is 282 g/mol. The van der Waals surface area contributed by atoms with Gasteiger partial charge < -0.3 is 9.47 Å². The Kier molecular flexibility index (Phi) is 5.67. The van der Waals surface area contributed by atoms with E-state index in [1.54, 1.807) is 6.92 Å². The molecule has 0 aromatic heterocycles. The first-order valence-electron chi connectivity index (χ1n) is 6.14. The van der Waals surface area contributed by atoms with Crippen LogP contribution in [0.15, 0.2) is 23.1 Å². The molecule has 0 amide bonds. The zero-order valence-corrected chi connectivity index (χ0v) is 12.6. The van der Waals surface area contributed by atoms with E-state index < -0.39 is 16.0 Å². The Morgan fingerprint density at radius 1 is 1.30 bits per heavy atom. The van der Waals surface area contributed by atoms with Crippen molar-refractivity contribution in [1.82, 2.24) is 0 Å². The highest BCUT2D eigenvalue weighted by Crippen LogP contribution is 2.16. The van der Waals surface area contributed by atoms with Gasteiger partial charge in [0.2, 0.25) is 10.0 Å². The molecule has 2 N–H and O–H groups in total. The molecule has 0 saturated carbocycles. The van der Waals surface area contributed by atoms with Gasteiger partial charge in [0, 0.05) is 0 Å². The Hall–Kier alpha value is -1.44. The lowest BCUT2D eigenvalue weighted by atomic mass is 10.1. The first-order chi connectivity index (χ1) is 9.21. The van der Waals surface area contributed by atoms with Gasteiger partial charge in [0.05, 0.1) is 23.2 Å². The highest BCUT2D eigenvalue weighted by atomic mass is 32.2. The third-order valence-corrected chi connectivity index (χ3v) is 3.55. The maximum absolute atomic E-state index is 11.8. The molecule has 0 spiro atoms. The van der Waals surface area contributed by atoms with E-state index in [0.717, 1.165) is 0 Å². The third kappa shape index (κ3) is 4.92. The predicted molar refractivity (Wildman–Crippen MR) is 73.9 cm³/mol. The summed E-state index contributed by atoms with van der Waals surface area (Å²) in [6, 6.07) is 4.23. The number of hydrogen-bond donors (Lipinski definition) is 1. The fourth-order valence-electron chi connectivity index (χ4n) is 1.54. The first-order valence-corrected chi connectivity index (χ1v) is 7.68. The van der Waals surface area contributed by atoms with Crippen molar-refractivity contribution in [3.63, 3.8) is 0 Å². The summed E-state index contributed by atoms with van der Waals surface area (Å²) in [5.41, 5.74) is 0.622. The number of primary sulfonamides is 1. The quantitative estimate of drug-likeness (QED) is 0.629. The normalized spacial score (nSPS) is 11.7. The topological polar surface area (TPSA) is 95.7 Å². The minimum Gasteiger partial charge on any atom is -0.460 e. The lowest BCUT2D eigenvalue weighted by molar-refractivity contribution is 0.0177. The predicted octanol–water partition coefficient (Wildman–Crippen LogP) is 1.22. The molecule has 0 atom stereocenters. The molecule has 0 radical (unpaired) electrons. The molecule has 1 aromatic rings. The smallest absolute Gasteiger partial charge is 0.338 e. The molecule has 0 heterocycles. The number of nitrogens with two attached hydrogens (primary N) is 1. The van der Waals surface area contributed by atoms with Crippen molar-refractivity contribution < 1.29 is 22.7 Å². The van der Waals surface area contributed by atoms with Crippen LogP contribution in [0.4, 0.5) is 0 Å². The molecule has 20 heavy (non-hydrogen) atoms. The monoisotopic (exact) mass is 301 g/mol. The van der Waals surface area contributed by atoms with Crippen LogP contribution in [0, 0.1) is 6.92 Å². The molecule has 1 aromatic carbocycles. The van der Waals surface area contributed by atoms with E-state index in [4.69, 9.17) is 14.6 Å². The minimum absolute atomic E-state index is 0.0575.